The van der Waals surface area contributed by atoms with Gasteiger partial charge in [-0.25, -0.2) is 4.39 Å². The van der Waals surface area contributed by atoms with Crippen molar-refractivity contribution >= 4 is 0 Å². The first-order chi connectivity index (χ1) is 8.21. The third-order valence-electron chi connectivity index (χ3n) is 2.51. The first kappa shape index (κ1) is 13.6. The fourth-order valence-electron chi connectivity index (χ4n) is 1.74. The lowest BCUT2D eigenvalue weighted by molar-refractivity contribution is 0.190. The van der Waals surface area contributed by atoms with E-state index in [1.165, 1.54) is 6.07 Å². The van der Waals surface area contributed by atoms with E-state index in [1.807, 2.05) is 6.07 Å². The van der Waals surface area contributed by atoms with Crippen LogP contribution in [0, 0.1) is 17.1 Å². The molecule has 0 bridgehead atoms. The summed E-state index contributed by atoms with van der Waals surface area (Å²) in [6, 6.07) is 6.39. The molecule has 3 nitrogen and oxygen atoms in total. The lowest BCUT2D eigenvalue weighted by Crippen LogP contribution is -2.27. The molecule has 1 N–H and O–H groups in total. The number of benzene rings is 1. The molecule has 0 saturated heterocycles. The Morgan fingerprint density at radius 3 is 2.76 bits per heavy atom. The summed E-state index contributed by atoms with van der Waals surface area (Å²) in [4.78, 5) is 2.08. The van der Waals surface area contributed by atoms with Crippen LogP contribution in [0.2, 0.25) is 0 Å². The summed E-state index contributed by atoms with van der Waals surface area (Å²) in [6.45, 7) is 4.26. The summed E-state index contributed by atoms with van der Waals surface area (Å²) < 4.78 is 13.1. The van der Waals surface area contributed by atoms with Crippen LogP contribution in [0.3, 0.4) is 0 Å². The number of hydrogen-bond acceptors (Lipinski definition) is 3. The van der Waals surface area contributed by atoms with Gasteiger partial charge in [-0.2, -0.15) is 5.26 Å². The van der Waals surface area contributed by atoms with Crippen LogP contribution in [0.25, 0.3) is 0 Å². The molecule has 0 aliphatic heterocycles. The Morgan fingerprint density at radius 2 is 2.18 bits per heavy atom. The minimum absolute atomic E-state index is 0.0722. The highest BCUT2D eigenvalue weighted by Gasteiger charge is 2.07. The van der Waals surface area contributed by atoms with Crippen molar-refractivity contribution in [3.8, 4) is 6.07 Å². The molecule has 0 fully saturated rings. The predicted octanol–water partition coefficient (Wildman–Crippen LogP) is 1.90. The standard InChI is InChI=1S/C13H17FN2O/c1-2-5-16(6-7-17)10-11-3-4-13(14)12(8-11)9-15/h3-4,8,17H,2,5-7,10H2,1H3. The topological polar surface area (TPSA) is 47.3 Å². The normalized spacial score (nSPS) is 10.5. The number of aliphatic hydroxyl groups is 1. The van der Waals surface area contributed by atoms with Crippen molar-refractivity contribution < 1.29 is 9.50 Å². The number of aliphatic hydroxyl groups excluding tert-OH is 1. The summed E-state index contributed by atoms with van der Waals surface area (Å²) >= 11 is 0. The maximum atomic E-state index is 13.1. The zero-order valence-corrected chi connectivity index (χ0v) is 9.99. The van der Waals surface area contributed by atoms with E-state index in [2.05, 4.69) is 11.8 Å². The van der Waals surface area contributed by atoms with Crippen LogP contribution in [0.1, 0.15) is 24.5 Å². The number of hydrogen-bond donors (Lipinski definition) is 1. The molecule has 1 aromatic carbocycles. The molecule has 0 spiro atoms. The SMILES string of the molecule is CCCN(CCO)Cc1ccc(F)c(C#N)c1. The Morgan fingerprint density at radius 1 is 1.41 bits per heavy atom. The van der Waals surface area contributed by atoms with Crippen molar-refractivity contribution in [3.63, 3.8) is 0 Å². The molecular weight excluding hydrogens is 219 g/mol. The highest BCUT2D eigenvalue weighted by Crippen LogP contribution is 2.11. The molecule has 0 radical (unpaired) electrons. The Balaban J connectivity index is 2.75. The maximum Gasteiger partial charge on any atom is 0.140 e. The smallest absolute Gasteiger partial charge is 0.140 e. The van der Waals surface area contributed by atoms with Crippen LogP contribution >= 0.6 is 0 Å². The number of nitriles is 1. The zero-order chi connectivity index (χ0) is 12.7. The van der Waals surface area contributed by atoms with Gasteiger partial charge in [-0.05, 0) is 30.7 Å². The van der Waals surface area contributed by atoms with Gasteiger partial charge in [-0.1, -0.05) is 13.0 Å². The number of rotatable bonds is 6. The van der Waals surface area contributed by atoms with Crippen LogP contribution < -0.4 is 0 Å². The molecule has 0 unspecified atom stereocenters. The average molecular weight is 236 g/mol. The molecule has 0 aliphatic rings. The number of nitrogens with zero attached hydrogens (tertiary/aromatic N) is 2. The van der Waals surface area contributed by atoms with Gasteiger partial charge in [-0.15, -0.1) is 0 Å². The lowest BCUT2D eigenvalue weighted by Gasteiger charge is -2.20. The van der Waals surface area contributed by atoms with E-state index in [-0.39, 0.29) is 12.2 Å². The van der Waals surface area contributed by atoms with Gasteiger partial charge in [-0.3, -0.25) is 4.90 Å². The third kappa shape index (κ3) is 4.14. The van der Waals surface area contributed by atoms with E-state index < -0.39 is 5.82 Å². The van der Waals surface area contributed by atoms with Crippen LogP contribution in [-0.4, -0.2) is 29.7 Å². The van der Waals surface area contributed by atoms with Gasteiger partial charge in [0, 0.05) is 13.1 Å². The van der Waals surface area contributed by atoms with E-state index in [4.69, 9.17) is 10.4 Å². The van der Waals surface area contributed by atoms with Crippen molar-refractivity contribution in [1.29, 1.82) is 5.26 Å². The van der Waals surface area contributed by atoms with E-state index in [0.717, 1.165) is 18.5 Å². The van der Waals surface area contributed by atoms with Gasteiger partial charge in [0.1, 0.15) is 11.9 Å². The second-order valence-electron chi connectivity index (χ2n) is 3.93. The van der Waals surface area contributed by atoms with Crippen molar-refractivity contribution in [1.82, 2.24) is 4.90 Å². The highest BCUT2D eigenvalue weighted by atomic mass is 19.1. The predicted molar refractivity (Wildman–Crippen MR) is 63.8 cm³/mol. The van der Waals surface area contributed by atoms with E-state index >= 15 is 0 Å². The summed E-state index contributed by atoms with van der Waals surface area (Å²) in [6.07, 6.45) is 0.992. The van der Waals surface area contributed by atoms with E-state index in [1.54, 1.807) is 12.1 Å². The highest BCUT2D eigenvalue weighted by molar-refractivity contribution is 5.34. The third-order valence-corrected chi connectivity index (χ3v) is 2.51. The van der Waals surface area contributed by atoms with Crippen LogP contribution in [0.5, 0.6) is 0 Å². The van der Waals surface area contributed by atoms with Crippen molar-refractivity contribution in [3.05, 3.63) is 35.1 Å². The Hall–Kier alpha value is -1.44. The molecule has 1 aromatic rings. The fraction of sp³-hybridized carbons (Fsp3) is 0.462. The lowest BCUT2D eigenvalue weighted by atomic mass is 10.1. The molecule has 0 heterocycles. The minimum Gasteiger partial charge on any atom is -0.395 e. The van der Waals surface area contributed by atoms with Crippen LogP contribution in [0.15, 0.2) is 18.2 Å². The number of halogens is 1. The molecule has 17 heavy (non-hydrogen) atoms. The van der Waals surface area contributed by atoms with E-state index in [0.29, 0.717) is 13.1 Å². The second-order valence-corrected chi connectivity index (χ2v) is 3.93. The Kier molecular flexibility index (Phi) is 5.61. The summed E-state index contributed by atoms with van der Waals surface area (Å²) in [5, 5.41) is 17.7. The van der Waals surface area contributed by atoms with Gasteiger partial charge < -0.3 is 5.11 Å². The average Bonchev–Trinajstić information content (AvgIpc) is 2.32. The van der Waals surface area contributed by atoms with Crippen molar-refractivity contribution in [2.75, 3.05) is 19.7 Å². The quantitative estimate of drug-likeness (QED) is 0.820. The largest absolute Gasteiger partial charge is 0.395 e. The zero-order valence-electron chi connectivity index (χ0n) is 9.99. The molecular formula is C13H17FN2O. The molecule has 92 valence electrons. The van der Waals surface area contributed by atoms with Gasteiger partial charge in [0.15, 0.2) is 0 Å². The van der Waals surface area contributed by atoms with Gasteiger partial charge in [0.2, 0.25) is 0 Å². The molecule has 0 aliphatic carbocycles. The Bertz CT molecular complexity index is 395. The van der Waals surface area contributed by atoms with Crippen molar-refractivity contribution in [2.45, 2.75) is 19.9 Å². The van der Waals surface area contributed by atoms with Gasteiger partial charge >= 0.3 is 0 Å². The monoisotopic (exact) mass is 236 g/mol. The van der Waals surface area contributed by atoms with Gasteiger partial charge in [0.05, 0.1) is 12.2 Å². The molecule has 0 amide bonds. The Labute approximate surface area is 101 Å². The molecule has 0 aromatic heterocycles. The summed E-state index contributed by atoms with van der Waals surface area (Å²) in [7, 11) is 0. The molecule has 4 heteroatoms. The van der Waals surface area contributed by atoms with Crippen LogP contribution in [-0.2, 0) is 6.54 Å². The first-order valence-corrected chi connectivity index (χ1v) is 5.73. The molecule has 1 rings (SSSR count). The second kappa shape index (κ2) is 7.00. The minimum atomic E-state index is -0.486. The molecule has 0 atom stereocenters. The van der Waals surface area contributed by atoms with Gasteiger partial charge in [0.25, 0.3) is 0 Å². The molecule has 0 saturated carbocycles. The van der Waals surface area contributed by atoms with E-state index in [9.17, 15) is 4.39 Å². The summed E-state index contributed by atoms with van der Waals surface area (Å²) in [5.74, 6) is -0.486. The fourth-order valence-corrected chi connectivity index (χ4v) is 1.74. The first-order valence-electron chi connectivity index (χ1n) is 5.73. The van der Waals surface area contributed by atoms with Crippen molar-refractivity contribution in [2.24, 2.45) is 0 Å². The summed E-state index contributed by atoms with van der Waals surface area (Å²) in [5.41, 5.74) is 0.966. The van der Waals surface area contributed by atoms with Crippen LogP contribution in [0.4, 0.5) is 4.39 Å². The maximum absolute atomic E-state index is 13.1.